The lowest BCUT2D eigenvalue weighted by Crippen LogP contribution is -2.38. The molecule has 0 atom stereocenters. The summed E-state index contributed by atoms with van der Waals surface area (Å²) in [5.41, 5.74) is 0.330. The van der Waals surface area contributed by atoms with E-state index < -0.39 is 18.9 Å². The van der Waals surface area contributed by atoms with Gasteiger partial charge in [-0.2, -0.15) is 0 Å². The molecule has 0 aromatic carbocycles. The van der Waals surface area contributed by atoms with Gasteiger partial charge in [0.2, 0.25) is 0 Å². The van der Waals surface area contributed by atoms with E-state index in [9.17, 15) is 13.6 Å². The van der Waals surface area contributed by atoms with Gasteiger partial charge in [-0.1, -0.05) is 0 Å². The highest BCUT2D eigenvalue weighted by Crippen LogP contribution is 2.21. The SMILES string of the molecule is CC(C)n1cc(Br)cc1C(=O)N(CCO)CC(F)F. The number of aromatic nitrogens is 1. The molecule has 0 saturated carbocycles. The van der Waals surface area contributed by atoms with Crippen LogP contribution in [0.25, 0.3) is 0 Å². The van der Waals surface area contributed by atoms with Gasteiger partial charge in [0, 0.05) is 23.3 Å². The maximum atomic E-state index is 12.5. The molecular formula is C12H17BrF2N2O2. The molecule has 4 nitrogen and oxygen atoms in total. The van der Waals surface area contributed by atoms with E-state index >= 15 is 0 Å². The summed E-state index contributed by atoms with van der Waals surface area (Å²) in [7, 11) is 0. The lowest BCUT2D eigenvalue weighted by Gasteiger charge is -2.22. The van der Waals surface area contributed by atoms with Gasteiger partial charge in [0.25, 0.3) is 12.3 Å². The highest BCUT2D eigenvalue weighted by molar-refractivity contribution is 9.10. The molecule has 0 aliphatic heterocycles. The van der Waals surface area contributed by atoms with Gasteiger partial charge in [0.15, 0.2) is 0 Å². The molecule has 0 unspecified atom stereocenters. The van der Waals surface area contributed by atoms with Crippen LogP contribution < -0.4 is 0 Å². The molecule has 1 heterocycles. The number of amides is 1. The van der Waals surface area contributed by atoms with Gasteiger partial charge in [-0.3, -0.25) is 4.79 Å². The first-order valence-electron chi connectivity index (χ1n) is 5.92. The second-order valence-electron chi connectivity index (χ2n) is 4.41. The summed E-state index contributed by atoms with van der Waals surface area (Å²) in [6.07, 6.45) is -0.890. The van der Waals surface area contributed by atoms with Crippen LogP contribution >= 0.6 is 15.9 Å². The second-order valence-corrected chi connectivity index (χ2v) is 5.33. The van der Waals surface area contributed by atoms with Crippen LogP contribution in [0.5, 0.6) is 0 Å². The third-order valence-corrected chi connectivity index (χ3v) is 3.04. The molecule has 1 N–H and O–H groups in total. The van der Waals surface area contributed by atoms with Crippen LogP contribution in [0, 0.1) is 0 Å². The monoisotopic (exact) mass is 338 g/mol. The first kappa shape index (κ1) is 16.1. The van der Waals surface area contributed by atoms with Crippen molar-refractivity contribution >= 4 is 21.8 Å². The molecule has 0 spiro atoms. The molecule has 1 rings (SSSR count). The topological polar surface area (TPSA) is 45.5 Å². The minimum atomic E-state index is -2.62. The van der Waals surface area contributed by atoms with E-state index in [-0.39, 0.29) is 19.2 Å². The Kier molecular flexibility index (Phi) is 5.93. The highest BCUT2D eigenvalue weighted by Gasteiger charge is 2.23. The number of aliphatic hydroxyl groups is 1. The van der Waals surface area contributed by atoms with E-state index in [0.717, 1.165) is 4.90 Å². The smallest absolute Gasteiger partial charge is 0.270 e. The molecule has 1 aromatic heterocycles. The number of carbonyl (C=O) groups excluding carboxylic acids is 1. The quantitative estimate of drug-likeness (QED) is 0.866. The summed E-state index contributed by atoms with van der Waals surface area (Å²) < 4.78 is 27.3. The van der Waals surface area contributed by atoms with Gasteiger partial charge < -0.3 is 14.6 Å². The normalized spacial score (nSPS) is 11.4. The van der Waals surface area contributed by atoms with Crippen LogP contribution in [0.15, 0.2) is 16.7 Å². The lowest BCUT2D eigenvalue weighted by atomic mass is 10.3. The minimum absolute atomic E-state index is 0.0350. The number of halogens is 3. The molecule has 1 aromatic rings. The van der Waals surface area contributed by atoms with E-state index in [1.165, 1.54) is 0 Å². The molecule has 0 bridgehead atoms. The Morgan fingerprint density at radius 3 is 2.63 bits per heavy atom. The van der Waals surface area contributed by atoms with Gasteiger partial charge >= 0.3 is 0 Å². The molecule has 0 aliphatic carbocycles. The van der Waals surface area contributed by atoms with Crippen molar-refractivity contribution in [3.63, 3.8) is 0 Å². The van der Waals surface area contributed by atoms with Gasteiger partial charge in [-0.15, -0.1) is 0 Å². The van der Waals surface area contributed by atoms with Crippen molar-refractivity contribution in [3.8, 4) is 0 Å². The Hall–Kier alpha value is -0.950. The van der Waals surface area contributed by atoms with Crippen molar-refractivity contribution in [1.29, 1.82) is 0 Å². The Morgan fingerprint density at radius 2 is 2.16 bits per heavy atom. The Bertz CT molecular complexity index is 435. The van der Waals surface area contributed by atoms with Gasteiger partial charge in [-0.05, 0) is 35.8 Å². The molecule has 0 aliphatic rings. The molecule has 7 heteroatoms. The van der Waals surface area contributed by atoms with Crippen LogP contribution in [0.1, 0.15) is 30.4 Å². The van der Waals surface area contributed by atoms with Crippen molar-refractivity contribution in [3.05, 3.63) is 22.4 Å². The molecule has 0 fully saturated rings. The van der Waals surface area contributed by atoms with Gasteiger partial charge in [-0.25, -0.2) is 8.78 Å². The van der Waals surface area contributed by atoms with E-state index in [1.54, 1.807) is 16.8 Å². The van der Waals surface area contributed by atoms with Crippen molar-refractivity contribution in [2.24, 2.45) is 0 Å². The first-order chi connectivity index (χ1) is 8.86. The molecule has 0 radical (unpaired) electrons. The second kappa shape index (κ2) is 7.00. The van der Waals surface area contributed by atoms with Gasteiger partial charge in [0.05, 0.1) is 13.2 Å². The van der Waals surface area contributed by atoms with Crippen LogP contribution in [-0.4, -0.2) is 46.6 Å². The molecule has 1 amide bonds. The third kappa shape index (κ3) is 4.28. The Labute approximate surface area is 119 Å². The van der Waals surface area contributed by atoms with E-state index in [0.29, 0.717) is 10.2 Å². The van der Waals surface area contributed by atoms with Crippen molar-refractivity contribution in [2.45, 2.75) is 26.3 Å². The summed E-state index contributed by atoms with van der Waals surface area (Å²) in [6.45, 7) is 2.66. The number of aliphatic hydroxyl groups excluding tert-OH is 1. The number of carbonyl (C=O) groups is 1. The molecular weight excluding hydrogens is 322 g/mol. The number of hydrogen-bond donors (Lipinski definition) is 1. The van der Waals surface area contributed by atoms with Crippen LogP contribution in [0.2, 0.25) is 0 Å². The average molecular weight is 339 g/mol. The summed E-state index contributed by atoms with van der Waals surface area (Å²) in [6, 6.07) is 1.63. The maximum absolute atomic E-state index is 12.5. The zero-order valence-electron chi connectivity index (χ0n) is 10.8. The zero-order valence-corrected chi connectivity index (χ0v) is 12.4. The summed E-state index contributed by atoms with van der Waals surface area (Å²) in [5.74, 6) is -0.506. The zero-order chi connectivity index (χ0) is 14.6. The fourth-order valence-electron chi connectivity index (χ4n) is 1.77. The third-order valence-electron chi connectivity index (χ3n) is 2.61. The number of nitrogens with zero attached hydrogens (tertiary/aromatic N) is 2. The predicted molar refractivity (Wildman–Crippen MR) is 71.5 cm³/mol. The summed E-state index contributed by atoms with van der Waals surface area (Å²) in [4.78, 5) is 13.2. The standard InChI is InChI=1S/C12H17BrF2N2O2/c1-8(2)17-6-9(13)5-10(17)12(19)16(3-4-18)7-11(14)15/h5-6,8,11,18H,3-4,7H2,1-2H3. The van der Waals surface area contributed by atoms with Crippen LogP contribution in [0.3, 0.4) is 0 Å². The summed E-state index contributed by atoms with van der Waals surface area (Å²) in [5, 5.41) is 8.87. The molecule has 19 heavy (non-hydrogen) atoms. The van der Waals surface area contributed by atoms with Gasteiger partial charge in [0.1, 0.15) is 5.69 Å². The Morgan fingerprint density at radius 1 is 1.53 bits per heavy atom. The number of alkyl halides is 2. The van der Waals surface area contributed by atoms with E-state index in [1.807, 2.05) is 13.8 Å². The number of rotatable bonds is 6. The lowest BCUT2D eigenvalue weighted by molar-refractivity contribution is 0.0499. The average Bonchev–Trinajstić information content (AvgIpc) is 2.69. The minimum Gasteiger partial charge on any atom is -0.395 e. The van der Waals surface area contributed by atoms with Crippen molar-refractivity contribution < 1.29 is 18.7 Å². The fraction of sp³-hybridized carbons (Fsp3) is 0.583. The first-order valence-corrected chi connectivity index (χ1v) is 6.71. The fourth-order valence-corrected chi connectivity index (χ4v) is 2.21. The molecule has 108 valence electrons. The van der Waals surface area contributed by atoms with Crippen molar-refractivity contribution in [2.75, 3.05) is 19.7 Å². The molecule has 0 saturated heterocycles. The van der Waals surface area contributed by atoms with E-state index in [4.69, 9.17) is 5.11 Å². The van der Waals surface area contributed by atoms with Crippen molar-refractivity contribution in [1.82, 2.24) is 9.47 Å². The highest BCUT2D eigenvalue weighted by atomic mass is 79.9. The number of hydrogen-bond acceptors (Lipinski definition) is 2. The predicted octanol–water partition coefficient (Wildman–Crippen LogP) is 2.53. The summed E-state index contributed by atoms with van der Waals surface area (Å²) >= 11 is 3.27. The van der Waals surface area contributed by atoms with E-state index in [2.05, 4.69) is 15.9 Å². The Balaban J connectivity index is 3.01. The van der Waals surface area contributed by atoms with Crippen LogP contribution in [-0.2, 0) is 0 Å². The van der Waals surface area contributed by atoms with Crippen LogP contribution in [0.4, 0.5) is 8.78 Å². The largest absolute Gasteiger partial charge is 0.395 e. The maximum Gasteiger partial charge on any atom is 0.270 e.